The molecule has 1 aliphatic heterocycles. The Bertz CT molecular complexity index is 463. The van der Waals surface area contributed by atoms with E-state index in [9.17, 15) is 0 Å². The van der Waals surface area contributed by atoms with Crippen molar-refractivity contribution in [2.45, 2.75) is 45.3 Å². The molecule has 3 rings (SSSR count). The van der Waals surface area contributed by atoms with E-state index in [1.54, 1.807) is 5.56 Å². The Kier molecular flexibility index (Phi) is 4.63. The van der Waals surface area contributed by atoms with Crippen molar-refractivity contribution in [3.63, 3.8) is 0 Å². The summed E-state index contributed by atoms with van der Waals surface area (Å²) in [6.07, 6.45) is 1.20. The molecule has 1 aliphatic carbocycles. The van der Waals surface area contributed by atoms with Crippen molar-refractivity contribution in [1.82, 2.24) is 15.1 Å². The van der Waals surface area contributed by atoms with E-state index < -0.39 is 0 Å². The van der Waals surface area contributed by atoms with Crippen molar-refractivity contribution in [3.8, 4) is 0 Å². The van der Waals surface area contributed by atoms with E-state index in [-0.39, 0.29) is 0 Å². The monoisotopic (exact) mass is 287 g/mol. The smallest absolute Gasteiger partial charge is 0.0484 e. The standard InChI is InChI=1S/C18H29N3/c1-4-19-18-16-8-6-5-7-15(16)13-17(18)21-11-9-20(10-12-21)14(2)3/h5-8,14,17-19H,4,9-13H2,1-3H3. The maximum absolute atomic E-state index is 3.73. The lowest BCUT2D eigenvalue weighted by Crippen LogP contribution is -2.54. The molecule has 2 aliphatic rings. The number of piperazine rings is 1. The van der Waals surface area contributed by atoms with Crippen LogP contribution in [0.25, 0.3) is 0 Å². The molecule has 21 heavy (non-hydrogen) atoms. The maximum atomic E-state index is 3.73. The van der Waals surface area contributed by atoms with Gasteiger partial charge >= 0.3 is 0 Å². The van der Waals surface area contributed by atoms with Crippen LogP contribution in [-0.2, 0) is 6.42 Å². The Balaban J connectivity index is 1.71. The lowest BCUT2D eigenvalue weighted by atomic mass is 10.0. The minimum atomic E-state index is 0.511. The first kappa shape index (κ1) is 15.0. The largest absolute Gasteiger partial charge is 0.309 e. The van der Waals surface area contributed by atoms with Gasteiger partial charge in [0.05, 0.1) is 0 Å². The zero-order chi connectivity index (χ0) is 14.8. The zero-order valence-corrected chi connectivity index (χ0v) is 13.7. The molecule has 3 heteroatoms. The van der Waals surface area contributed by atoms with Gasteiger partial charge in [0.2, 0.25) is 0 Å². The summed E-state index contributed by atoms with van der Waals surface area (Å²) in [5, 5.41) is 3.73. The van der Waals surface area contributed by atoms with Crippen molar-refractivity contribution in [2.24, 2.45) is 0 Å². The van der Waals surface area contributed by atoms with Gasteiger partial charge in [0, 0.05) is 44.3 Å². The van der Waals surface area contributed by atoms with Gasteiger partial charge in [0.25, 0.3) is 0 Å². The van der Waals surface area contributed by atoms with Gasteiger partial charge < -0.3 is 5.32 Å². The first-order valence-corrected chi connectivity index (χ1v) is 8.50. The molecular formula is C18H29N3. The molecule has 0 radical (unpaired) electrons. The first-order valence-electron chi connectivity index (χ1n) is 8.50. The highest BCUT2D eigenvalue weighted by atomic mass is 15.3. The topological polar surface area (TPSA) is 18.5 Å². The van der Waals surface area contributed by atoms with Gasteiger partial charge in [-0.25, -0.2) is 0 Å². The van der Waals surface area contributed by atoms with Crippen LogP contribution < -0.4 is 5.32 Å². The van der Waals surface area contributed by atoms with Gasteiger partial charge in [-0.3, -0.25) is 9.80 Å². The van der Waals surface area contributed by atoms with Crippen molar-refractivity contribution in [3.05, 3.63) is 35.4 Å². The van der Waals surface area contributed by atoms with Crippen LogP contribution in [0, 0.1) is 0 Å². The predicted octanol–water partition coefficient (Wildman–Crippen LogP) is 2.29. The van der Waals surface area contributed by atoms with E-state index in [2.05, 4.69) is 60.2 Å². The average Bonchev–Trinajstić information content (AvgIpc) is 2.87. The van der Waals surface area contributed by atoms with E-state index in [4.69, 9.17) is 0 Å². The number of hydrogen-bond acceptors (Lipinski definition) is 3. The van der Waals surface area contributed by atoms with Crippen molar-refractivity contribution in [2.75, 3.05) is 32.7 Å². The fourth-order valence-electron chi connectivity index (χ4n) is 3.97. The molecule has 1 fully saturated rings. The van der Waals surface area contributed by atoms with E-state index in [0.29, 0.717) is 18.1 Å². The lowest BCUT2D eigenvalue weighted by Gasteiger charge is -2.41. The summed E-state index contributed by atoms with van der Waals surface area (Å²) in [5.74, 6) is 0. The molecule has 1 N–H and O–H groups in total. The van der Waals surface area contributed by atoms with E-state index >= 15 is 0 Å². The third-order valence-electron chi connectivity index (χ3n) is 5.18. The molecule has 1 saturated heterocycles. The number of hydrogen-bond donors (Lipinski definition) is 1. The van der Waals surface area contributed by atoms with Crippen LogP contribution in [0.5, 0.6) is 0 Å². The van der Waals surface area contributed by atoms with Crippen LogP contribution in [0.4, 0.5) is 0 Å². The molecule has 2 unspecified atom stereocenters. The molecule has 1 heterocycles. The summed E-state index contributed by atoms with van der Waals surface area (Å²) < 4.78 is 0. The molecule has 2 atom stereocenters. The van der Waals surface area contributed by atoms with Crippen molar-refractivity contribution in [1.29, 1.82) is 0 Å². The molecule has 1 aromatic carbocycles. The van der Waals surface area contributed by atoms with Crippen LogP contribution in [-0.4, -0.2) is 54.6 Å². The Morgan fingerprint density at radius 3 is 2.52 bits per heavy atom. The lowest BCUT2D eigenvalue weighted by molar-refractivity contribution is 0.0682. The number of nitrogens with zero attached hydrogens (tertiary/aromatic N) is 2. The minimum Gasteiger partial charge on any atom is -0.309 e. The summed E-state index contributed by atoms with van der Waals surface area (Å²) in [6.45, 7) is 12.7. The maximum Gasteiger partial charge on any atom is 0.0484 e. The minimum absolute atomic E-state index is 0.511. The molecule has 0 bridgehead atoms. The quantitative estimate of drug-likeness (QED) is 0.916. The summed E-state index contributed by atoms with van der Waals surface area (Å²) in [7, 11) is 0. The zero-order valence-electron chi connectivity index (χ0n) is 13.7. The molecular weight excluding hydrogens is 258 g/mol. The van der Waals surface area contributed by atoms with Gasteiger partial charge in [-0.05, 0) is 37.9 Å². The molecule has 1 aromatic rings. The SMILES string of the molecule is CCNC1c2ccccc2CC1N1CCN(C(C)C)CC1. The predicted molar refractivity (Wildman–Crippen MR) is 88.6 cm³/mol. The number of nitrogens with one attached hydrogen (secondary N) is 1. The number of benzene rings is 1. The van der Waals surface area contributed by atoms with Crippen LogP contribution in [0.2, 0.25) is 0 Å². The summed E-state index contributed by atoms with van der Waals surface area (Å²) >= 11 is 0. The highest BCUT2D eigenvalue weighted by Gasteiger charge is 2.36. The highest BCUT2D eigenvalue weighted by Crippen LogP contribution is 2.34. The van der Waals surface area contributed by atoms with E-state index in [1.807, 2.05) is 0 Å². The average molecular weight is 287 g/mol. The molecule has 116 valence electrons. The molecule has 0 aromatic heterocycles. The fourth-order valence-corrected chi connectivity index (χ4v) is 3.97. The molecule has 3 nitrogen and oxygen atoms in total. The molecule has 0 saturated carbocycles. The highest BCUT2D eigenvalue weighted by molar-refractivity contribution is 5.37. The Morgan fingerprint density at radius 1 is 1.14 bits per heavy atom. The number of rotatable bonds is 4. The van der Waals surface area contributed by atoms with Gasteiger partial charge in [-0.15, -0.1) is 0 Å². The summed E-state index contributed by atoms with van der Waals surface area (Å²) in [6, 6.07) is 10.8. The summed E-state index contributed by atoms with van der Waals surface area (Å²) in [4.78, 5) is 5.31. The van der Waals surface area contributed by atoms with Crippen LogP contribution in [0.3, 0.4) is 0 Å². The van der Waals surface area contributed by atoms with Crippen molar-refractivity contribution >= 4 is 0 Å². The van der Waals surface area contributed by atoms with Gasteiger partial charge in [-0.1, -0.05) is 31.2 Å². The molecule has 0 amide bonds. The first-order chi connectivity index (χ1) is 10.2. The Hall–Kier alpha value is -0.900. The second-order valence-corrected chi connectivity index (χ2v) is 6.67. The summed E-state index contributed by atoms with van der Waals surface area (Å²) in [5.41, 5.74) is 3.07. The van der Waals surface area contributed by atoms with E-state index in [0.717, 1.165) is 6.54 Å². The van der Waals surface area contributed by atoms with E-state index in [1.165, 1.54) is 38.2 Å². The van der Waals surface area contributed by atoms with Gasteiger partial charge in [0.1, 0.15) is 0 Å². The Labute approximate surface area is 129 Å². The normalized spacial score (nSPS) is 27.2. The fraction of sp³-hybridized carbons (Fsp3) is 0.667. The molecule has 0 spiro atoms. The van der Waals surface area contributed by atoms with Crippen molar-refractivity contribution < 1.29 is 0 Å². The Morgan fingerprint density at radius 2 is 1.86 bits per heavy atom. The third kappa shape index (κ3) is 3.01. The second kappa shape index (κ2) is 6.47. The van der Waals surface area contributed by atoms with Crippen LogP contribution in [0.1, 0.15) is 37.9 Å². The van der Waals surface area contributed by atoms with Gasteiger partial charge in [-0.2, -0.15) is 0 Å². The van der Waals surface area contributed by atoms with Crippen LogP contribution >= 0.6 is 0 Å². The van der Waals surface area contributed by atoms with Crippen LogP contribution in [0.15, 0.2) is 24.3 Å². The van der Waals surface area contributed by atoms with Gasteiger partial charge in [0.15, 0.2) is 0 Å². The third-order valence-corrected chi connectivity index (χ3v) is 5.18. The number of fused-ring (bicyclic) bond motifs is 1. The number of likely N-dealkylation sites (N-methyl/N-ethyl adjacent to an activating group) is 1. The second-order valence-electron chi connectivity index (χ2n) is 6.67.